The summed E-state index contributed by atoms with van der Waals surface area (Å²) in [7, 11) is 1.54. The molecule has 0 aromatic carbocycles. The molecule has 0 atom stereocenters. The molecular formula is C9H12N2O2. The van der Waals surface area contributed by atoms with Gasteiger partial charge in [0.1, 0.15) is 12.1 Å². The second-order valence-corrected chi connectivity index (χ2v) is 2.62. The molecule has 0 bridgehead atoms. The van der Waals surface area contributed by atoms with Crippen LogP contribution in [0.3, 0.4) is 0 Å². The smallest absolute Gasteiger partial charge is 0.216 e. The molecule has 1 rings (SSSR count). The summed E-state index contributed by atoms with van der Waals surface area (Å²) in [6.07, 6.45) is 2.29. The highest BCUT2D eigenvalue weighted by Crippen LogP contribution is 2.06. The highest BCUT2D eigenvalue weighted by Gasteiger charge is 2.03. The van der Waals surface area contributed by atoms with Gasteiger partial charge in [0, 0.05) is 18.9 Å². The Hall–Kier alpha value is -1.45. The lowest BCUT2D eigenvalue weighted by molar-refractivity contribution is -0.118. The van der Waals surface area contributed by atoms with Crippen molar-refractivity contribution in [3.05, 3.63) is 18.1 Å². The normalized spacial score (nSPS) is 9.69. The lowest BCUT2D eigenvalue weighted by Crippen LogP contribution is -2.03. The van der Waals surface area contributed by atoms with E-state index in [1.807, 2.05) is 6.92 Å². The summed E-state index contributed by atoms with van der Waals surface area (Å²) in [5.41, 5.74) is 0.707. The van der Waals surface area contributed by atoms with Gasteiger partial charge < -0.3 is 4.74 Å². The summed E-state index contributed by atoms with van der Waals surface area (Å²) in [6.45, 7) is 1.83. The molecule has 4 nitrogen and oxygen atoms in total. The first kappa shape index (κ1) is 9.64. The molecule has 0 N–H and O–H groups in total. The fraction of sp³-hybridized carbons (Fsp3) is 0.444. The van der Waals surface area contributed by atoms with E-state index in [1.54, 1.807) is 6.07 Å². The third-order valence-corrected chi connectivity index (χ3v) is 1.68. The van der Waals surface area contributed by atoms with E-state index in [0.29, 0.717) is 24.4 Å². The maximum atomic E-state index is 11.1. The van der Waals surface area contributed by atoms with Crippen LogP contribution in [-0.4, -0.2) is 22.9 Å². The Morgan fingerprint density at radius 1 is 1.54 bits per heavy atom. The van der Waals surface area contributed by atoms with Crippen LogP contribution < -0.4 is 4.74 Å². The highest BCUT2D eigenvalue weighted by atomic mass is 16.5. The maximum Gasteiger partial charge on any atom is 0.216 e. The van der Waals surface area contributed by atoms with Crippen molar-refractivity contribution >= 4 is 5.78 Å². The predicted octanol–water partition coefficient (Wildman–Crippen LogP) is 1.01. The van der Waals surface area contributed by atoms with Gasteiger partial charge in [-0.25, -0.2) is 9.97 Å². The molecule has 0 aliphatic heterocycles. The van der Waals surface area contributed by atoms with E-state index in [-0.39, 0.29) is 5.78 Å². The van der Waals surface area contributed by atoms with Crippen LogP contribution in [0.1, 0.15) is 19.0 Å². The van der Waals surface area contributed by atoms with Crippen LogP contribution in [-0.2, 0) is 11.2 Å². The van der Waals surface area contributed by atoms with Crippen molar-refractivity contribution in [2.75, 3.05) is 7.11 Å². The van der Waals surface area contributed by atoms with Crippen molar-refractivity contribution in [3.8, 4) is 5.88 Å². The van der Waals surface area contributed by atoms with Gasteiger partial charge in [0.15, 0.2) is 0 Å². The van der Waals surface area contributed by atoms with Crippen molar-refractivity contribution < 1.29 is 9.53 Å². The molecule has 0 aliphatic rings. The SMILES string of the molecule is CCC(=O)Cc1cc(OC)ncn1. The molecule has 13 heavy (non-hydrogen) atoms. The zero-order valence-electron chi connectivity index (χ0n) is 7.78. The number of ketones is 1. The minimum Gasteiger partial charge on any atom is -0.481 e. The third-order valence-electron chi connectivity index (χ3n) is 1.68. The summed E-state index contributed by atoms with van der Waals surface area (Å²) in [5.74, 6) is 0.662. The quantitative estimate of drug-likeness (QED) is 0.693. The number of aromatic nitrogens is 2. The first-order valence-corrected chi connectivity index (χ1v) is 4.13. The second kappa shape index (κ2) is 4.54. The first-order valence-electron chi connectivity index (χ1n) is 4.13. The summed E-state index contributed by atoms with van der Waals surface area (Å²) in [6, 6.07) is 1.67. The molecular weight excluding hydrogens is 168 g/mol. The standard InChI is InChI=1S/C9H12N2O2/c1-3-8(12)4-7-5-9(13-2)11-6-10-7/h5-6H,3-4H2,1-2H3. The molecule has 0 saturated heterocycles. The van der Waals surface area contributed by atoms with Gasteiger partial charge in [0.05, 0.1) is 12.8 Å². The van der Waals surface area contributed by atoms with E-state index in [2.05, 4.69) is 9.97 Å². The Morgan fingerprint density at radius 3 is 2.92 bits per heavy atom. The number of rotatable bonds is 4. The highest BCUT2D eigenvalue weighted by molar-refractivity contribution is 5.80. The molecule has 0 spiro atoms. The molecule has 0 aliphatic carbocycles. The zero-order chi connectivity index (χ0) is 9.68. The van der Waals surface area contributed by atoms with Crippen molar-refractivity contribution in [2.45, 2.75) is 19.8 Å². The van der Waals surface area contributed by atoms with Crippen molar-refractivity contribution in [1.29, 1.82) is 0 Å². The number of nitrogens with zero attached hydrogens (tertiary/aromatic N) is 2. The van der Waals surface area contributed by atoms with Crippen LogP contribution in [0, 0.1) is 0 Å². The molecule has 1 heterocycles. The van der Waals surface area contributed by atoms with E-state index in [4.69, 9.17) is 4.74 Å². The molecule has 4 heteroatoms. The number of hydrogen-bond acceptors (Lipinski definition) is 4. The van der Waals surface area contributed by atoms with Gasteiger partial charge in [-0.2, -0.15) is 0 Å². The van der Waals surface area contributed by atoms with Gasteiger partial charge in [-0.3, -0.25) is 4.79 Å². The van der Waals surface area contributed by atoms with E-state index in [9.17, 15) is 4.79 Å². The lowest BCUT2D eigenvalue weighted by atomic mass is 10.2. The Labute approximate surface area is 77.0 Å². The van der Waals surface area contributed by atoms with E-state index < -0.39 is 0 Å². The summed E-state index contributed by atoms with van der Waals surface area (Å²) in [4.78, 5) is 18.9. The Balaban J connectivity index is 2.71. The topological polar surface area (TPSA) is 52.1 Å². The van der Waals surface area contributed by atoms with E-state index >= 15 is 0 Å². The van der Waals surface area contributed by atoms with Crippen molar-refractivity contribution in [2.24, 2.45) is 0 Å². The Bertz CT molecular complexity index is 299. The number of hydrogen-bond donors (Lipinski definition) is 0. The minimum absolute atomic E-state index is 0.167. The number of carbonyl (C=O) groups excluding carboxylic acids is 1. The van der Waals surface area contributed by atoms with Gasteiger partial charge >= 0.3 is 0 Å². The second-order valence-electron chi connectivity index (χ2n) is 2.62. The Morgan fingerprint density at radius 2 is 2.31 bits per heavy atom. The van der Waals surface area contributed by atoms with Gasteiger partial charge in [0.25, 0.3) is 0 Å². The van der Waals surface area contributed by atoms with Crippen LogP contribution in [0.2, 0.25) is 0 Å². The summed E-state index contributed by atoms with van der Waals surface area (Å²) < 4.78 is 4.91. The molecule has 0 saturated carbocycles. The zero-order valence-corrected chi connectivity index (χ0v) is 7.78. The van der Waals surface area contributed by atoms with Crippen molar-refractivity contribution in [1.82, 2.24) is 9.97 Å². The molecule has 0 radical (unpaired) electrons. The molecule has 1 aromatic rings. The Kier molecular flexibility index (Phi) is 3.37. The number of methoxy groups -OCH3 is 1. The van der Waals surface area contributed by atoms with E-state index in [0.717, 1.165) is 0 Å². The number of carbonyl (C=O) groups is 1. The number of Topliss-reactive ketones (excluding diaryl/α,β-unsaturated/α-hetero) is 1. The fourth-order valence-electron chi connectivity index (χ4n) is 0.912. The summed E-state index contributed by atoms with van der Waals surface area (Å²) >= 11 is 0. The molecule has 0 fully saturated rings. The average Bonchev–Trinajstić information content (AvgIpc) is 2.18. The van der Waals surface area contributed by atoms with Crippen LogP contribution in [0.25, 0.3) is 0 Å². The van der Waals surface area contributed by atoms with Crippen LogP contribution >= 0.6 is 0 Å². The molecule has 0 amide bonds. The molecule has 70 valence electrons. The number of ether oxygens (including phenoxy) is 1. The third kappa shape index (κ3) is 2.82. The lowest BCUT2D eigenvalue weighted by Gasteiger charge is -2.00. The van der Waals surface area contributed by atoms with Gasteiger partial charge in [-0.05, 0) is 0 Å². The van der Waals surface area contributed by atoms with Crippen LogP contribution in [0.5, 0.6) is 5.88 Å². The largest absolute Gasteiger partial charge is 0.481 e. The minimum atomic E-state index is 0.167. The maximum absolute atomic E-state index is 11.1. The van der Waals surface area contributed by atoms with Crippen LogP contribution in [0.15, 0.2) is 12.4 Å². The fourth-order valence-corrected chi connectivity index (χ4v) is 0.912. The van der Waals surface area contributed by atoms with Gasteiger partial charge in [0.2, 0.25) is 5.88 Å². The van der Waals surface area contributed by atoms with Gasteiger partial charge in [-0.1, -0.05) is 6.92 Å². The average molecular weight is 180 g/mol. The molecule has 1 aromatic heterocycles. The summed E-state index contributed by atoms with van der Waals surface area (Å²) in [5, 5.41) is 0. The van der Waals surface area contributed by atoms with Crippen LogP contribution in [0.4, 0.5) is 0 Å². The van der Waals surface area contributed by atoms with Gasteiger partial charge in [-0.15, -0.1) is 0 Å². The van der Waals surface area contributed by atoms with Crippen molar-refractivity contribution in [3.63, 3.8) is 0 Å². The first-order chi connectivity index (χ1) is 6.26. The van der Waals surface area contributed by atoms with E-state index in [1.165, 1.54) is 13.4 Å². The predicted molar refractivity (Wildman–Crippen MR) is 47.6 cm³/mol. The molecule has 0 unspecified atom stereocenters. The monoisotopic (exact) mass is 180 g/mol.